The van der Waals surface area contributed by atoms with Gasteiger partial charge in [0.1, 0.15) is 5.00 Å². The van der Waals surface area contributed by atoms with E-state index in [4.69, 9.17) is 5.73 Å². The molecule has 0 saturated heterocycles. The molecule has 25 heavy (non-hydrogen) atoms. The molecule has 0 unspecified atom stereocenters. The van der Waals surface area contributed by atoms with Crippen LogP contribution in [0.5, 0.6) is 0 Å². The number of hydrogen-bond donors (Lipinski definition) is 2. The highest BCUT2D eigenvalue weighted by atomic mass is 32.2. The van der Waals surface area contributed by atoms with Crippen molar-refractivity contribution < 1.29 is 9.59 Å². The number of fused-ring (bicyclic) bond motifs is 1. The number of thioether (sulfide) groups is 1. The standard InChI is InChI=1S/C17H20N4O2S2/c1-9-7-10(2)20-17(19-9)24-8-13(22)21-16-14(15(18)23)11-5-3-4-6-12(11)25-16/h7H,3-6,8H2,1-2H3,(H2,18,23)(H,21,22). The second-order valence-electron chi connectivity index (χ2n) is 6.05. The van der Waals surface area contributed by atoms with Gasteiger partial charge in [0.05, 0.1) is 11.3 Å². The Hall–Kier alpha value is -1.93. The smallest absolute Gasteiger partial charge is 0.251 e. The maximum Gasteiger partial charge on any atom is 0.251 e. The molecule has 8 heteroatoms. The van der Waals surface area contributed by atoms with E-state index in [1.54, 1.807) is 0 Å². The fraction of sp³-hybridized carbons (Fsp3) is 0.412. The summed E-state index contributed by atoms with van der Waals surface area (Å²) in [6, 6.07) is 1.89. The fourth-order valence-corrected chi connectivity index (χ4v) is 5.03. The molecule has 2 aromatic rings. The average Bonchev–Trinajstić information content (AvgIpc) is 2.90. The van der Waals surface area contributed by atoms with E-state index in [0.717, 1.165) is 42.6 Å². The highest BCUT2D eigenvalue weighted by Gasteiger charge is 2.24. The van der Waals surface area contributed by atoms with E-state index in [1.807, 2.05) is 19.9 Å². The molecule has 2 aromatic heterocycles. The molecule has 0 spiro atoms. The Kier molecular flexibility index (Phi) is 5.39. The molecule has 6 nitrogen and oxygen atoms in total. The van der Waals surface area contributed by atoms with Crippen LogP contribution < -0.4 is 11.1 Å². The number of nitrogens with two attached hydrogens (primary N) is 1. The van der Waals surface area contributed by atoms with Gasteiger partial charge in [0.25, 0.3) is 5.91 Å². The van der Waals surface area contributed by atoms with E-state index in [1.165, 1.54) is 28.0 Å². The number of nitrogens with one attached hydrogen (secondary N) is 1. The summed E-state index contributed by atoms with van der Waals surface area (Å²) < 4.78 is 0. The highest BCUT2D eigenvalue weighted by molar-refractivity contribution is 7.99. The summed E-state index contributed by atoms with van der Waals surface area (Å²) in [5.74, 6) is -0.474. The van der Waals surface area contributed by atoms with Crippen molar-refractivity contribution in [3.8, 4) is 0 Å². The molecule has 3 rings (SSSR count). The second kappa shape index (κ2) is 7.53. The van der Waals surface area contributed by atoms with Gasteiger partial charge in [0.15, 0.2) is 5.16 Å². The van der Waals surface area contributed by atoms with E-state index in [-0.39, 0.29) is 11.7 Å². The second-order valence-corrected chi connectivity index (χ2v) is 8.10. The number of nitrogens with zero attached hydrogens (tertiary/aromatic N) is 2. The molecule has 132 valence electrons. The first-order chi connectivity index (χ1) is 11.9. The molecule has 0 aromatic carbocycles. The number of thiophene rings is 1. The first kappa shape index (κ1) is 17.9. The highest BCUT2D eigenvalue weighted by Crippen LogP contribution is 2.37. The van der Waals surface area contributed by atoms with E-state index < -0.39 is 5.91 Å². The van der Waals surface area contributed by atoms with Crippen molar-refractivity contribution in [3.05, 3.63) is 33.5 Å². The predicted molar refractivity (Wildman–Crippen MR) is 100 cm³/mol. The predicted octanol–water partition coefficient (Wildman–Crippen LogP) is 2.86. The number of anilines is 1. The molecule has 1 aliphatic rings. The van der Waals surface area contributed by atoms with Crippen LogP contribution in [0.15, 0.2) is 11.2 Å². The summed E-state index contributed by atoms with van der Waals surface area (Å²) in [5.41, 5.74) is 8.80. The monoisotopic (exact) mass is 376 g/mol. The minimum Gasteiger partial charge on any atom is -0.365 e. The number of aryl methyl sites for hydroxylation is 3. The van der Waals surface area contributed by atoms with E-state index in [2.05, 4.69) is 15.3 Å². The Morgan fingerprint density at radius 1 is 1.24 bits per heavy atom. The molecule has 1 aliphatic carbocycles. The molecule has 2 heterocycles. The molecule has 0 atom stereocenters. The van der Waals surface area contributed by atoms with Crippen LogP contribution in [-0.4, -0.2) is 27.5 Å². The van der Waals surface area contributed by atoms with E-state index >= 15 is 0 Å². The minimum atomic E-state index is -0.472. The largest absolute Gasteiger partial charge is 0.365 e. The van der Waals surface area contributed by atoms with Crippen LogP contribution >= 0.6 is 23.1 Å². The lowest BCUT2D eigenvalue weighted by molar-refractivity contribution is -0.113. The number of carbonyl (C=O) groups excluding carboxylic acids is 2. The van der Waals surface area contributed by atoms with E-state index in [9.17, 15) is 9.59 Å². The molecule has 0 fully saturated rings. The van der Waals surface area contributed by atoms with E-state index in [0.29, 0.717) is 15.7 Å². The third-order valence-corrected chi connectivity index (χ3v) is 6.02. The topological polar surface area (TPSA) is 98.0 Å². The zero-order valence-electron chi connectivity index (χ0n) is 14.2. The third kappa shape index (κ3) is 4.19. The van der Waals surface area contributed by atoms with Crippen LogP contribution in [0.25, 0.3) is 0 Å². The lowest BCUT2D eigenvalue weighted by Gasteiger charge is -2.11. The Balaban J connectivity index is 1.70. The summed E-state index contributed by atoms with van der Waals surface area (Å²) in [6.45, 7) is 3.79. The molecule has 3 N–H and O–H groups in total. The van der Waals surface area contributed by atoms with Crippen molar-refractivity contribution in [3.63, 3.8) is 0 Å². The van der Waals surface area contributed by atoms with Gasteiger partial charge >= 0.3 is 0 Å². The van der Waals surface area contributed by atoms with Gasteiger partial charge < -0.3 is 11.1 Å². The number of primary amides is 1. The molecule has 0 aliphatic heterocycles. The first-order valence-electron chi connectivity index (χ1n) is 8.13. The van der Waals surface area contributed by atoms with Crippen LogP contribution in [-0.2, 0) is 17.6 Å². The number of hydrogen-bond acceptors (Lipinski definition) is 6. The molecular weight excluding hydrogens is 356 g/mol. The van der Waals surface area contributed by atoms with Gasteiger partial charge in [-0.15, -0.1) is 11.3 Å². The van der Waals surface area contributed by atoms with Gasteiger partial charge in [0.2, 0.25) is 5.91 Å². The molecule has 0 saturated carbocycles. The maximum absolute atomic E-state index is 12.3. The number of aromatic nitrogens is 2. The molecule has 0 bridgehead atoms. The van der Waals surface area contributed by atoms with Gasteiger partial charge in [-0.25, -0.2) is 9.97 Å². The lowest BCUT2D eigenvalue weighted by atomic mass is 9.95. The number of amides is 2. The lowest BCUT2D eigenvalue weighted by Crippen LogP contribution is -2.19. The maximum atomic E-state index is 12.3. The molecular formula is C17H20N4O2S2. The van der Waals surface area contributed by atoms with Crippen molar-refractivity contribution in [1.29, 1.82) is 0 Å². The van der Waals surface area contributed by atoms with Crippen LogP contribution in [0.4, 0.5) is 5.00 Å². The number of carbonyl (C=O) groups is 2. The Morgan fingerprint density at radius 3 is 2.60 bits per heavy atom. The van der Waals surface area contributed by atoms with Crippen molar-refractivity contribution in [2.45, 2.75) is 44.7 Å². The van der Waals surface area contributed by atoms with Gasteiger partial charge in [-0.1, -0.05) is 11.8 Å². The summed E-state index contributed by atoms with van der Waals surface area (Å²) in [4.78, 5) is 33.9. The van der Waals surface area contributed by atoms with Crippen molar-refractivity contribution in [2.75, 3.05) is 11.1 Å². The quantitative estimate of drug-likeness (QED) is 0.618. The summed E-state index contributed by atoms with van der Waals surface area (Å²) in [6.07, 6.45) is 3.96. The summed E-state index contributed by atoms with van der Waals surface area (Å²) in [5, 5.41) is 4.00. The van der Waals surface area contributed by atoms with Crippen LogP contribution in [0, 0.1) is 13.8 Å². The van der Waals surface area contributed by atoms with Crippen LogP contribution in [0.2, 0.25) is 0 Å². The first-order valence-corrected chi connectivity index (χ1v) is 9.93. The minimum absolute atomic E-state index is 0.184. The third-order valence-electron chi connectivity index (χ3n) is 3.96. The molecule has 2 amide bonds. The average molecular weight is 377 g/mol. The fourth-order valence-electron chi connectivity index (χ4n) is 2.97. The van der Waals surface area contributed by atoms with Crippen molar-refractivity contribution >= 4 is 39.9 Å². The summed E-state index contributed by atoms with van der Waals surface area (Å²) in [7, 11) is 0. The van der Waals surface area contributed by atoms with Crippen LogP contribution in [0.3, 0.4) is 0 Å². The Labute approximate surface area is 154 Å². The Bertz CT molecular complexity index is 812. The van der Waals surface area contributed by atoms with Crippen molar-refractivity contribution in [1.82, 2.24) is 9.97 Å². The zero-order chi connectivity index (χ0) is 18.0. The normalized spacial score (nSPS) is 13.4. The number of rotatable bonds is 5. The van der Waals surface area contributed by atoms with Gasteiger partial charge in [-0.05, 0) is 51.2 Å². The van der Waals surface area contributed by atoms with Crippen LogP contribution in [0.1, 0.15) is 45.0 Å². The summed E-state index contributed by atoms with van der Waals surface area (Å²) >= 11 is 2.75. The van der Waals surface area contributed by atoms with Crippen molar-refractivity contribution in [2.24, 2.45) is 5.73 Å². The molecule has 0 radical (unpaired) electrons. The van der Waals surface area contributed by atoms with Gasteiger partial charge in [-0.2, -0.15) is 0 Å². The van der Waals surface area contributed by atoms with Gasteiger partial charge in [-0.3, -0.25) is 9.59 Å². The van der Waals surface area contributed by atoms with Gasteiger partial charge in [0, 0.05) is 16.3 Å². The Morgan fingerprint density at radius 2 is 1.92 bits per heavy atom. The zero-order valence-corrected chi connectivity index (χ0v) is 15.9. The SMILES string of the molecule is Cc1cc(C)nc(SCC(=O)Nc2sc3c(c2C(N)=O)CCCC3)n1.